The topological polar surface area (TPSA) is 40.5 Å². The summed E-state index contributed by atoms with van der Waals surface area (Å²) in [5.74, 6) is 0. The predicted molar refractivity (Wildman–Crippen MR) is 52.2 cm³/mol. The van der Waals surface area contributed by atoms with E-state index in [1.165, 1.54) is 0 Å². The molecule has 0 saturated heterocycles. The van der Waals surface area contributed by atoms with Crippen LogP contribution in [-0.2, 0) is 0 Å². The van der Waals surface area contributed by atoms with E-state index in [1.54, 1.807) is 12.2 Å². The molecule has 70 valence electrons. The molecule has 0 bridgehead atoms. The lowest BCUT2D eigenvalue weighted by molar-refractivity contribution is 0.227. The second kappa shape index (κ2) is 5.51. The summed E-state index contributed by atoms with van der Waals surface area (Å²) in [6.07, 6.45) is 3.49. The number of hydrogen-bond donors (Lipinski definition) is 2. The fourth-order valence-electron chi connectivity index (χ4n) is 1.06. The Labute approximate surface area is 78.2 Å². The fraction of sp³-hybridized carbons (Fsp3) is 0.273. The van der Waals surface area contributed by atoms with Crippen molar-refractivity contribution in [2.24, 2.45) is 0 Å². The molecule has 0 saturated carbocycles. The smallest absolute Gasteiger partial charge is 0.0971 e. The largest absolute Gasteiger partial charge is 0.396 e. The van der Waals surface area contributed by atoms with E-state index in [-0.39, 0.29) is 6.61 Å². The predicted octanol–water partition coefficient (Wildman–Crippen LogP) is 1.66. The van der Waals surface area contributed by atoms with Crippen molar-refractivity contribution in [3.05, 3.63) is 48.0 Å². The number of rotatable bonds is 4. The second-order valence-corrected chi connectivity index (χ2v) is 2.80. The number of aliphatic hydroxyl groups excluding tert-OH is 2. The van der Waals surface area contributed by atoms with Gasteiger partial charge in [-0.15, -0.1) is 0 Å². The van der Waals surface area contributed by atoms with Gasteiger partial charge in [0.05, 0.1) is 6.10 Å². The van der Waals surface area contributed by atoms with Crippen molar-refractivity contribution >= 4 is 0 Å². The lowest BCUT2D eigenvalue weighted by Gasteiger charge is -2.04. The normalized spacial score (nSPS) is 13.4. The summed E-state index contributed by atoms with van der Waals surface area (Å²) in [5, 5.41) is 18.1. The van der Waals surface area contributed by atoms with Crippen molar-refractivity contribution in [1.82, 2.24) is 0 Å². The monoisotopic (exact) mass is 178 g/mol. The van der Waals surface area contributed by atoms with E-state index in [0.29, 0.717) is 6.42 Å². The average molecular weight is 178 g/mol. The van der Waals surface area contributed by atoms with Gasteiger partial charge in [0.2, 0.25) is 0 Å². The van der Waals surface area contributed by atoms with Gasteiger partial charge in [0, 0.05) is 6.61 Å². The number of aliphatic hydroxyl groups is 2. The SMILES string of the molecule is OCC/C=C\[C@H](O)c1ccccc1. The van der Waals surface area contributed by atoms with Crippen LogP contribution in [0.2, 0.25) is 0 Å². The van der Waals surface area contributed by atoms with Crippen molar-refractivity contribution in [1.29, 1.82) is 0 Å². The first-order valence-electron chi connectivity index (χ1n) is 4.35. The Kier molecular flexibility index (Phi) is 4.23. The second-order valence-electron chi connectivity index (χ2n) is 2.80. The van der Waals surface area contributed by atoms with Gasteiger partial charge >= 0.3 is 0 Å². The maximum absolute atomic E-state index is 9.58. The molecule has 0 fully saturated rings. The molecule has 0 aliphatic rings. The Bertz CT molecular complexity index is 254. The van der Waals surface area contributed by atoms with Crippen molar-refractivity contribution < 1.29 is 10.2 Å². The summed E-state index contributed by atoms with van der Waals surface area (Å²) in [5.41, 5.74) is 0.872. The van der Waals surface area contributed by atoms with Gasteiger partial charge < -0.3 is 10.2 Å². The van der Waals surface area contributed by atoms with E-state index < -0.39 is 6.10 Å². The first-order valence-corrected chi connectivity index (χ1v) is 4.35. The van der Waals surface area contributed by atoms with Crippen LogP contribution < -0.4 is 0 Å². The molecule has 0 aromatic heterocycles. The third-order valence-electron chi connectivity index (χ3n) is 1.76. The van der Waals surface area contributed by atoms with Gasteiger partial charge in [-0.25, -0.2) is 0 Å². The Morgan fingerprint density at radius 1 is 1.23 bits per heavy atom. The zero-order chi connectivity index (χ0) is 9.52. The van der Waals surface area contributed by atoms with Crippen LogP contribution in [0.5, 0.6) is 0 Å². The van der Waals surface area contributed by atoms with Gasteiger partial charge in [-0.3, -0.25) is 0 Å². The third-order valence-corrected chi connectivity index (χ3v) is 1.76. The van der Waals surface area contributed by atoms with Gasteiger partial charge in [0.1, 0.15) is 0 Å². The van der Waals surface area contributed by atoms with E-state index in [4.69, 9.17) is 5.11 Å². The molecule has 2 nitrogen and oxygen atoms in total. The molecule has 2 N–H and O–H groups in total. The van der Waals surface area contributed by atoms with Crippen LogP contribution in [0.3, 0.4) is 0 Å². The molecule has 1 rings (SSSR count). The van der Waals surface area contributed by atoms with Gasteiger partial charge in [-0.05, 0) is 12.0 Å². The minimum Gasteiger partial charge on any atom is -0.396 e. The molecule has 0 unspecified atom stereocenters. The molecule has 0 amide bonds. The molecule has 0 radical (unpaired) electrons. The van der Waals surface area contributed by atoms with Gasteiger partial charge in [-0.2, -0.15) is 0 Å². The molecule has 13 heavy (non-hydrogen) atoms. The molecule has 0 aliphatic carbocycles. The van der Waals surface area contributed by atoms with Crippen LogP contribution in [0, 0.1) is 0 Å². The molecule has 1 atom stereocenters. The van der Waals surface area contributed by atoms with E-state index in [1.807, 2.05) is 30.3 Å². The van der Waals surface area contributed by atoms with E-state index in [0.717, 1.165) is 5.56 Å². The standard InChI is InChI=1S/C11H14O2/c12-9-5-4-8-11(13)10-6-2-1-3-7-10/h1-4,6-8,11-13H,5,9H2/b8-4-/t11-/m0/s1. The van der Waals surface area contributed by atoms with Gasteiger partial charge in [0.25, 0.3) is 0 Å². The van der Waals surface area contributed by atoms with Gasteiger partial charge in [-0.1, -0.05) is 42.5 Å². The molecule has 1 aromatic carbocycles. The summed E-state index contributed by atoms with van der Waals surface area (Å²) in [7, 11) is 0. The highest BCUT2D eigenvalue weighted by atomic mass is 16.3. The van der Waals surface area contributed by atoms with Crippen molar-refractivity contribution in [2.45, 2.75) is 12.5 Å². The molecule has 1 aromatic rings. The Balaban J connectivity index is 2.53. The molecular formula is C11H14O2. The summed E-state index contributed by atoms with van der Waals surface area (Å²) in [6.45, 7) is 0.123. The van der Waals surface area contributed by atoms with Crippen molar-refractivity contribution in [3.8, 4) is 0 Å². The van der Waals surface area contributed by atoms with E-state index in [2.05, 4.69) is 0 Å². The lowest BCUT2D eigenvalue weighted by Crippen LogP contribution is -1.92. The quantitative estimate of drug-likeness (QED) is 0.688. The van der Waals surface area contributed by atoms with Crippen LogP contribution in [0.25, 0.3) is 0 Å². The first kappa shape index (κ1) is 9.96. The minimum atomic E-state index is -0.562. The van der Waals surface area contributed by atoms with Crippen LogP contribution in [0.1, 0.15) is 18.1 Å². The first-order chi connectivity index (χ1) is 6.34. The highest BCUT2D eigenvalue weighted by Crippen LogP contribution is 2.12. The van der Waals surface area contributed by atoms with E-state index >= 15 is 0 Å². The zero-order valence-corrected chi connectivity index (χ0v) is 7.43. The third kappa shape index (κ3) is 3.40. The molecule has 0 aliphatic heterocycles. The summed E-state index contributed by atoms with van der Waals surface area (Å²) in [6, 6.07) is 9.42. The minimum absolute atomic E-state index is 0.123. The fourth-order valence-corrected chi connectivity index (χ4v) is 1.06. The lowest BCUT2D eigenvalue weighted by atomic mass is 10.1. The van der Waals surface area contributed by atoms with Crippen molar-refractivity contribution in [2.75, 3.05) is 6.61 Å². The molecular weight excluding hydrogens is 164 g/mol. The Hall–Kier alpha value is -1.12. The molecule has 0 spiro atoms. The van der Waals surface area contributed by atoms with E-state index in [9.17, 15) is 5.11 Å². The zero-order valence-electron chi connectivity index (χ0n) is 7.43. The van der Waals surface area contributed by atoms with Crippen LogP contribution in [-0.4, -0.2) is 16.8 Å². The van der Waals surface area contributed by atoms with Gasteiger partial charge in [0.15, 0.2) is 0 Å². The molecule has 0 heterocycles. The maximum atomic E-state index is 9.58. The summed E-state index contributed by atoms with van der Waals surface area (Å²) in [4.78, 5) is 0. The average Bonchev–Trinajstić information content (AvgIpc) is 2.19. The van der Waals surface area contributed by atoms with Crippen LogP contribution in [0.4, 0.5) is 0 Å². The number of hydrogen-bond acceptors (Lipinski definition) is 2. The van der Waals surface area contributed by atoms with Crippen molar-refractivity contribution in [3.63, 3.8) is 0 Å². The molecule has 2 heteroatoms. The Morgan fingerprint density at radius 3 is 2.54 bits per heavy atom. The van der Waals surface area contributed by atoms with Crippen LogP contribution in [0.15, 0.2) is 42.5 Å². The summed E-state index contributed by atoms with van der Waals surface area (Å²) >= 11 is 0. The maximum Gasteiger partial charge on any atom is 0.0971 e. The summed E-state index contributed by atoms with van der Waals surface area (Å²) < 4.78 is 0. The highest BCUT2D eigenvalue weighted by Gasteiger charge is 1.99. The Morgan fingerprint density at radius 2 is 1.92 bits per heavy atom. The number of benzene rings is 1. The highest BCUT2D eigenvalue weighted by molar-refractivity contribution is 5.20. The van der Waals surface area contributed by atoms with Crippen LogP contribution >= 0.6 is 0 Å².